The highest BCUT2D eigenvalue weighted by Gasteiger charge is 2.34. The van der Waals surface area contributed by atoms with Crippen molar-refractivity contribution in [3.63, 3.8) is 0 Å². The molecule has 6 nitrogen and oxygen atoms in total. The Labute approximate surface area is 156 Å². The molecule has 1 aliphatic carbocycles. The lowest BCUT2D eigenvalue weighted by atomic mass is 9.84. The Balaban J connectivity index is 0.00000264. The Bertz CT molecular complexity index is 345. The molecule has 1 atom stereocenters. The highest BCUT2D eigenvalue weighted by atomic mass is 127. The average molecular weight is 441 g/mol. The summed E-state index contributed by atoms with van der Waals surface area (Å²) in [6.07, 6.45) is 4.38. The van der Waals surface area contributed by atoms with Crippen LogP contribution < -0.4 is 10.6 Å². The number of rotatable bonds is 10. The van der Waals surface area contributed by atoms with Crippen molar-refractivity contribution in [2.75, 3.05) is 52.7 Å². The van der Waals surface area contributed by atoms with Gasteiger partial charge in [-0.3, -0.25) is 4.99 Å². The van der Waals surface area contributed by atoms with Crippen LogP contribution >= 0.6 is 24.0 Å². The Kier molecular flexibility index (Phi) is 10.4. The Morgan fingerprint density at radius 2 is 2.22 bits per heavy atom. The Morgan fingerprint density at radius 1 is 1.39 bits per heavy atom. The number of nitrogens with one attached hydrogen (secondary N) is 2. The standard InChI is InChI=1S/C16H31N3O3.HI/c1-2-17-15(18-7-10-21-11-14-3-4-14)19-12-16(5-8-20)6-9-22-13-16;/h14,20H,2-13H2,1H3,(H2,17,18,19);1H. The lowest BCUT2D eigenvalue weighted by Gasteiger charge is -2.24. The van der Waals surface area contributed by atoms with Gasteiger partial charge >= 0.3 is 0 Å². The summed E-state index contributed by atoms with van der Waals surface area (Å²) in [4.78, 5) is 4.68. The van der Waals surface area contributed by atoms with Gasteiger partial charge in [0.2, 0.25) is 0 Å². The summed E-state index contributed by atoms with van der Waals surface area (Å²) in [7, 11) is 0. The van der Waals surface area contributed by atoms with Crippen LogP contribution in [0.15, 0.2) is 4.99 Å². The number of hydrogen-bond donors (Lipinski definition) is 3. The van der Waals surface area contributed by atoms with Crippen LogP contribution in [0.5, 0.6) is 0 Å². The highest BCUT2D eigenvalue weighted by Crippen LogP contribution is 2.32. The minimum Gasteiger partial charge on any atom is -0.396 e. The van der Waals surface area contributed by atoms with E-state index < -0.39 is 0 Å². The highest BCUT2D eigenvalue weighted by molar-refractivity contribution is 14.0. The lowest BCUT2D eigenvalue weighted by molar-refractivity contribution is 0.128. The summed E-state index contributed by atoms with van der Waals surface area (Å²) in [5.41, 5.74) is -0.000422. The molecule has 1 heterocycles. The lowest BCUT2D eigenvalue weighted by Crippen LogP contribution is -2.40. The molecule has 0 spiro atoms. The average Bonchev–Trinajstić information content (AvgIpc) is 3.23. The number of aliphatic hydroxyl groups is 1. The third kappa shape index (κ3) is 8.00. The van der Waals surface area contributed by atoms with E-state index in [2.05, 4.69) is 22.5 Å². The van der Waals surface area contributed by atoms with E-state index in [0.717, 1.165) is 51.0 Å². The molecule has 1 unspecified atom stereocenters. The Morgan fingerprint density at radius 3 is 2.83 bits per heavy atom. The van der Waals surface area contributed by atoms with E-state index >= 15 is 0 Å². The number of ether oxygens (including phenoxy) is 2. The molecular weight excluding hydrogens is 409 g/mol. The van der Waals surface area contributed by atoms with Crippen molar-refractivity contribution in [1.29, 1.82) is 0 Å². The van der Waals surface area contributed by atoms with Gasteiger partial charge in [0.1, 0.15) is 0 Å². The van der Waals surface area contributed by atoms with Crippen molar-refractivity contribution < 1.29 is 14.6 Å². The molecule has 0 aromatic heterocycles. The molecule has 23 heavy (non-hydrogen) atoms. The van der Waals surface area contributed by atoms with Crippen LogP contribution in [0.2, 0.25) is 0 Å². The van der Waals surface area contributed by atoms with Crippen LogP contribution in [-0.2, 0) is 9.47 Å². The third-order valence-electron chi connectivity index (χ3n) is 4.33. The van der Waals surface area contributed by atoms with Crippen molar-refractivity contribution in [2.45, 2.75) is 32.6 Å². The zero-order valence-electron chi connectivity index (χ0n) is 14.2. The minimum absolute atomic E-state index is 0. The summed E-state index contributed by atoms with van der Waals surface area (Å²) in [5, 5.41) is 15.8. The maximum Gasteiger partial charge on any atom is 0.191 e. The molecule has 1 aliphatic heterocycles. The SMILES string of the molecule is CCNC(=NCC1(CCO)CCOC1)NCCOCC1CC1.I. The maximum absolute atomic E-state index is 9.26. The van der Waals surface area contributed by atoms with Crippen LogP contribution in [0.4, 0.5) is 0 Å². The van der Waals surface area contributed by atoms with Crippen molar-refractivity contribution in [1.82, 2.24) is 10.6 Å². The molecule has 0 aromatic rings. The zero-order chi connectivity index (χ0) is 15.7. The van der Waals surface area contributed by atoms with Crippen molar-refractivity contribution in [2.24, 2.45) is 16.3 Å². The summed E-state index contributed by atoms with van der Waals surface area (Å²) >= 11 is 0. The maximum atomic E-state index is 9.26. The quantitative estimate of drug-likeness (QED) is 0.207. The van der Waals surface area contributed by atoms with Gasteiger partial charge in [-0.05, 0) is 38.5 Å². The fourth-order valence-corrected chi connectivity index (χ4v) is 2.65. The smallest absolute Gasteiger partial charge is 0.191 e. The van der Waals surface area contributed by atoms with Gasteiger partial charge in [0.25, 0.3) is 0 Å². The molecule has 0 amide bonds. The third-order valence-corrected chi connectivity index (χ3v) is 4.33. The minimum atomic E-state index is -0.000422. The molecule has 0 bridgehead atoms. The van der Waals surface area contributed by atoms with E-state index in [1.165, 1.54) is 12.8 Å². The van der Waals surface area contributed by atoms with Crippen LogP contribution in [0.3, 0.4) is 0 Å². The molecule has 1 saturated carbocycles. The van der Waals surface area contributed by atoms with Gasteiger partial charge in [0, 0.05) is 38.3 Å². The van der Waals surface area contributed by atoms with Gasteiger partial charge in [-0.2, -0.15) is 0 Å². The first-order valence-corrected chi connectivity index (χ1v) is 8.56. The molecule has 2 fully saturated rings. The normalized spacial score (nSPS) is 24.3. The predicted octanol–water partition coefficient (Wildman–Crippen LogP) is 1.38. The number of guanidine groups is 1. The second-order valence-corrected chi connectivity index (χ2v) is 6.42. The molecule has 2 rings (SSSR count). The van der Waals surface area contributed by atoms with Crippen molar-refractivity contribution in [3.05, 3.63) is 0 Å². The van der Waals surface area contributed by atoms with Gasteiger partial charge in [-0.15, -0.1) is 24.0 Å². The van der Waals surface area contributed by atoms with Gasteiger partial charge < -0.3 is 25.2 Å². The summed E-state index contributed by atoms with van der Waals surface area (Å²) < 4.78 is 11.1. The molecular formula is C16H32IN3O3. The van der Waals surface area contributed by atoms with Crippen molar-refractivity contribution in [3.8, 4) is 0 Å². The van der Waals surface area contributed by atoms with Crippen LogP contribution in [0.25, 0.3) is 0 Å². The number of aliphatic hydroxyl groups excluding tert-OH is 1. The first kappa shape index (κ1) is 20.9. The summed E-state index contributed by atoms with van der Waals surface area (Å²) in [6.45, 7) is 7.61. The van der Waals surface area contributed by atoms with Gasteiger partial charge in [0.05, 0.1) is 19.8 Å². The molecule has 136 valence electrons. The van der Waals surface area contributed by atoms with E-state index in [4.69, 9.17) is 9.47 Å². The molecule has 3 N–H and O–H groups in total. The van der Waals surface area contributed by atoms with E-state index in [1.807, 2.05) is 0 Å². The second-order valence-electron chi connectivity index (χ2n) is 6.42. The van der Waals surface area contributed by atoms with E-state index in [1.54, 1.807) is 0 Å². The van der Waals surface area contributed by atoms with Gasteiger partial charge in [0.15, 0.2) is 5.96 Å². The largest absolute Gasteiger partial charge is 0.396 e. The number of nitrogens with zero attached hydrogens (tertiary/aromatic N) is 1. The summed E-state index contributed by atoms with van der Waals surface area (Å²) in [5.74, 6) is 1.63. The van der Waals surface area contributed by atoms with Crippen LogP contribution in [-0.4, -0.2) is 63.7 Å². The van der Waals surface area contributed by atoms with Gasteiger partial charge in [-0.1, -0.05) is 0 Å². The van der Waals surface area contributed by atoms with Crippen molar-refractivity contribution >= 4 is 29.9 Å². The second kappa shape index (κ2) is 11.4. The molecule has 0 aromatic carbocycles. The Hall–Kier alpha value is -0.120. The summed E-state index contributed by atoms with van der Waals surface area (Å²) in [6, 6.07) is 0. The predicted molar refractivity (Wildman–Crippen MR) is 103 cm³/mol. The number of halogens is 1. The fraction of sp³-hybridized carbons (Fsp3) is 0.938. The molecule has 0 radical (unpaired) electrons. The topological polar surface area (TPSA) is 75.1 Å². The molecule has 1 saturated heterocycles. The van der Waals surface area contributed by atoms with Crippen LogP contribution in [0, 0.1) is 11.3 Å². The molecule has 2 aliphatic rings. The number of aliphatic imine (C=N–C) groups is 1. The first-order chi connectivity index (χ1) is 10.8. The van der Waals surface area contributed by atoms with E-state index in [-0.39, 0.29) is 36.0 Å². The van der Waals surface area contributed by atoms with E-state index in [9.17, 15) is 5.11 Å². The first-order valence-electron chi connectivity index (χ1n) is 8.56. The van der Waals surface area contributed by atoms with Gasteiger partial charge in [-0.25, -0.2) is 0 Å². The monoisotopic (exact) mass is 441 g/mol. The van der Waals surface area contributed by atoms with Crippen LogP contribution in [0.1, 0.15) is 32.6 Å². The van der Waals surface area contributed by atoms with E-state index in [0.29, 0.717) is 19.8 Å². The molecule has 7 heteroatoms. The zero-order valence-corrected chi connectivity index (χ0v) is 16.5. The fourth-order valence-electron chi connectivity index (χ4n) is 2.65. The number of hydrogen-bond acceptors (Lipinski definition) is 4.